The Hall–Kier alpha value is -0.730. The number of halogens is 1. The Kier molecular flexibility index (Phi) is 5.10. The summed E-state index contributed by atoms with van der Waals surface area (Å²) in [7, 11) is 4.31. The number of para-hydroxylation sites is 1. The van der Waals surface area contributed by atoms with Crippen LogP contribution in [0.15, 0.2) is 30.3 Å². The minimum Gasteiger partial charge on any atom is -0.367 e. The molecule has 0 radical (unpaired) electrons. The molecule has 2 rings (SSSR count). The van der Waals surface area contributed by atoms with Crippen LogP contribution in [0.25, 0.3) is 0 Å². The van der Waals surface area contributed by atoms with E-state index >= 15 is 0 Å². The normalized spacial score (nSPS) is 19.9. The lowest BCUT2D eigenvalue weighted by atomic mass is 10.2. The maximum Gasteiger partial charge on any atom is 0.0417 e. The van der Waals surface area contributed by atoms with Gasteiger partial charge in [0.15, 0.2) is 0 Å². The lowest BCUT2D eigenvalue weighted by Crippen LogP contribution is -2.37. The average Bonchev–Trinajstić information content (AvgIpc) is 2.66. The van der Waals surface area contributed by atoms with Crippen LogP contribution in [0.5, 0.6) is 0 Å². The largest absolute Gasteiger partial charge is 0.367 e. The molecule has 0 saturated carbocycles. The minimum atomic E-state index is 0. The predicted octanol–water partition coefficient (Wildman–Crippen LogP) is 2.64. The third-order valence-electron chi connectivity index (χ3n) is 3.04. The summed E-state index contributed by atoms with van der Waals surface area (Å²) >= 11 is 0. The Balaban J connectivity index is 0.00000128. The van der Waals surface area contributed by atoms with Crippen molar-refractivity contribution in [3.63, 3.8) is 0 Å². The summed E-state index contributed by atoms with van der Waals surface area (Å²) in [4.78, 5) is 4.83. The van der Waals surface area contributed by atoms with E-state index in [-0.39, 0.29) is 12.4 Å². The van der Waals surface area contributed by atoms with Crippen molar-refractivity contribution in [1.82, 2.24) is 4.90 Å². The number of hydrogen-bond donors (Lipinski definition) is 0. The highest BCUT2D eigenvalue weighted by atomic mass is 35.5. The van der Waals surface area contributed by atoms with E-state index in [0.717, 1.165) is 6.54 Å². The molecule has 0 N–H and O–H groups in total. The zero-order valence-corrected chi connectivity index (χ0v) is 10.9. The molecule has 1 aromatic carbocycles. The minimum absolute atomic E-state index is 0. The molecule has 90 valence electrons. The van der Waals surface area contributed by atoms with E-state index in [1.807, 2.05) is 0 Å². The summed E-state index contributed by atoms with van der Waals surface area (Å²) in [6.07, 6.45) is 2.65. The monoisotopic (exact) mass is 240 g/mol. The fourth-order valence-corrected chi connectivity index (χ4v) is 2.41. The maximum atomic E-state index is 2.54. The van der Waals surface area contributed by atoms with Gasteiger partial charge in [0.25, 0.3) is 0 Å². The first kappa shape index (κ1) is 13.3. The molecule has 1 aromatic rings. The Morgan fingerprint density at radius 3 is 2.56 bits per heavy atom. The van der Waals surface area contributed by atoms with Crippen LogP contribution < -0.4 is 4.90 Å². The van der Waals surface area contributed by atoms with Crippen molar-refractivity contribution in [2.45, 2.75) is 18.9 Å². The molecule has 2 nitrogen and oxygen atoms in total. The van der Waals surface area contributed by atoms with Crippen molar-refractivity contribution in [3.8, 4) is 0 Å². The van der Waals surface area contributed by atoms with Gasteiger partial charge in [0.1, 0.15) is 0 Å². The molecule has 1 heterocycles. The van der Waals surface area contributed by atoms with Crippen LogP contribution in [0.4, 0.5) is 5.69 Å². The van der Waals surface area contributed by atoms with E-state index < -0.39 is 0 Å². The molecule has 16 heavy (non-hydrogen) atoms. The first-order valence-electron chi connectivity index (χ1n) is 5.74. The van der Waals surface area contributed by atoms with Gasteiger partial charge in [-0.15, -0.1) is 12.4 Å². The molecular weight excluding hydrogens is 220 g/mol. The Labute approximate surface area is 105 Å². The van der Waals surface area contributed by atoms with Crippen molar-refractivity contribution < 1.29 is 0 Å². The number of likely N-dealkylation sites (N-methyl/N-ethyl adjacent to an activating group) is 1. The van der Waals surface area contributed by atoms with E-state index in [9.17, 15) is 0 Å². The second kappa shape index (κ2) is 6.12. The highest BCUT2D eigenvalue weighted by Crippen LogP contribution is 2.25. The predicted molar refractivity (Wildman–Crippen MR) is 72.6 cm³/mol. The molecule has 0 bridgehead atoms. The van der Waals surface area contributed by atoms with Gasteiger partial charge in [0.05, 0.1) is 0 Å². The molecular formula is C13H21ClN2. The zero-order chi connectivity index (χ0) is 10.7. The molecule has 0 spiro atoms. The van der Waals surface area contributed by atoms with Crippen molar-refractivity contribution >= 4 is 18.1 Å². The van der Waals surface area contributed by atoms with Crippen molar-refractivity contribution in [2.24, 2.45) is 0 Å². The molecule has 1 aliphatic rings. The quantitative estimate of drug-likeness (QED) is 0.802. The number of benzene rings is 1. The third kappa shape index (κ3) is 3.13. The van der Waals surface area contributed by atoms with Crippen molar-refractivity contribution in [1.29, 1.82) is 0 Å². The first-order chi connectivity index (χ1) is 7.27. The van der Waals surface area contributed by atoms with E-state index in [2.05, 4.69) is 54.2 Å². The Bertz CT molecular complexity index is 300. The summed E-state index contributed by atoms with van der Waals surface area (Å²) in [5.41, 5.74) is 1.38. The molecule has 1 atom stereocenters. The summed E-state index contributed by atoms with van der Waals surface area (Å²) in [5, 5.41) is 0. The fraction of sp³-hybridized carbons (Fsp3) is 0.538. The molecule has 1 saturated heterocycles. The number of nitrogens with zero attached hydrogens (tertiary/aromatic N) is 2. The van der Waals surface area contributed by atoms with Gasteiger partial charge in [-0.3, -0.25) is 0 Å². The second-order valence-corrected chi connectivity index (χ2v) is 4.59. The van der Waals surface area contributed by atoms with Crippen LogP contribution in [-0.4, -0.2) is 38.1 Å². The lowest BCUT2D eigenvalue weighted by Gasteiger charge is -2.28. The first-order valence-corrected chi connectivity index (χ1v) is 5.74. The summed E-state index contributed by atoms with van der Waals surface area (Å²) in [5.74, 6) is 0. The van der Waals surface area contributed by atoms with Crippen molar-refractivity contribution in [3.05, 3.63) is 30.3 Å². The smallest absolute Gasteiger partial charge is 0.0417 e. The highest BCUT2D eigenvalue weighted by molar-refractivity contribution is 5.85. The van der Waals surface area contributed by atoms with Gasteiger partial charge in [0.2, 0.25) is 0 Å². The van der Waals surface area contributed by atoms with Gasteiger partial charge in [-0.25, -0.2) is 0 Å². The van der Waals surface area contributed by atoms with Crippen LogP contribution in [0, 0.1) is 0 Å². The van der Waals surface area contributed by atoms with Crippen LogP contribution >= 0.6 is 12.4 Å². The van der Waals surface area contributed by atoms with Gasteiger partial charge in [-0.2, -0.15) is 0 Å². The van der Waals surface area contributed by atoms with Crippen LogP contribution in [0.3, 0.4) is 0 Å². The average molecular weight is 241 g/mol. The zero-order valence-electron chi connectivity index (χ0n) is 10.1. The van der Waals surface area contributed by atoms with Gasteiger partial charge in [0, 0.05) is 24.8 Å². The molecule has 0 amide bonds. The molecule has 0 aliphatic carbocycles. The molecule has 3 heteroatoms. The summed E-state index contributed by atoms with van der Waals surface area (Å²) in [6.45, 7) is 2.37. The van der Waals surface area contributed by atoms with Gasteiger partial charge < -0.3 is 9.80 Å². The summed E-state index contributed by atoms with van der Waals surface area (Å²) < 4.78 is 0. The Morgan fingerprint density at radius 1 is 1.25 bits per heavy atom. The Morgan fingerprint density at radius 2 is 1.94 bits per heavy atom. The topological polar surface area (TPSA) is 6.48 Å². The van der Waals surface area contributed by atoms with Gasteiger partial charge in [-0.05, 0) is 39.1 Å². The van der Waals surface area contributed by atoms with Gasteiger partial charge in [-0.1, -0.05) is 18.2 Å². The molecule has 1 fully saturated rings. The number of hydrogen-bond acceptors (Lipinski definition) is 2. The maximum absolute atomic E-state index is 2.54. The second-order valence-electron chi connectivity index (χ2n) is 4.59. The SMILES string of the molecule is CN(C)CC1CCCN1c1ccccc1.Cl. The van der Waals surface area contributed by atoms with Crippen LogP contribution in [-0.2, 0) is 0 Å². The summed E-state index contributed by atoms with van der Waals surface area (Å²) in [6, 6.07) is 11.5. The van der Waals surface area contributed by atoms with E-state index in [4.69, 9.17) is 0 Å². The standard InChI is InChI=1S/C13H20N2.ClH/c1-14(2)11-13-9-6-10-15(13)12-7-4-3-5-8-12;/h3-5,7-8,13H,6,9-11H2,1-2H3;1H. The van der Waals surface area contributed by atoms with E-state index in [1.54, 1.807) is 0 Å². The molecule has 1 unspecified atom stereocenters. The van der Waals surface area contributed by atoms with Crippen molar-refractivity contribution in [2.75, 3.05) is 32.1 Å². The molecule has 1 aliphatic heterocycles. The lowest BCUT2D eigenvalue weighted by molar-refractivity contribution is 0.372. The number of rotatable bonds is 3. The fourth-order valence-electron chi connectivity index (χ4n) is 2.41. The van der Waals surface area contributed by atoms with Crippen LogP contribution in [0.2, 0.25) is 0 Å². The molecule has 0 aromatic heterocycles. The number of anilines is 1. The van der Waals surface area contributed by atoms with Crippen LogP contribution in [0.1, 0.15) is 12.8 Å². The third-order valence-corrected chi connectivity index (χ3v) is 3.04. The van der Waals surface area contributed by atoms with E-state index in [0.29, 0.717) is 6.04 Å². The van der Waals surface area contributed by atoms with E-state index in [1.165, 1.54) is 25.1 Å². The highest BCUT2D eigenvalue weighted by Gasteiger charge is 2.24. The van der Waals surface area contributed by atoms with Gasteiger partial charge >= 0.3 is 0 Å².